The van der Waals surface area contributed by atoms with Crippen LogP contribution >= 0.6 is 24.0 Å². The topological polar surface area (TPSA) is 51.0 Å². The third-order valence-electron chi connectivity index (χ3n) is 4.58. The number of rotatable bonds is 14. The first-order valence-corrected chi connectivity index (χ1v) is 13.4. The lowest BCUT2D eigenvalue weighted by Crippen LogP contribution is -1.87. The van der Waals surface area contributed by atoms with Gasteiger partial charge in [0.05, 0.1) is 0 Å². The molecule has 34 heavy (non-hydrogen) atoms. The van der Waals surface area contributed by atoms with Crippen LogP contribution in [-0.4, -0.2) is 29.9 Å². The number of nitrogens with two attached hydrogens (primary N) is 1. The number of hydrogen-bond acceptors (Lipinski definition) is 4. The van der Waals surface area contributed by atoms with E-state index in [4.69, 9.17) is 17.0 Å². The molecule has 0 fully saturated rings. The minimum atomic E-state index is 0.886. The van der Waals surface area contributed by atoms with Crippen molar-refractivity contribution >= 4 is 39.8 Å². The summed E-state index contributed by atoms with van der Waals surface area (Å²) in [4.78, 5) is 4.48. The van der Waals surface area contributed by atoms with E-state index in [1.807, 2.05) is 32.9 Å². The Kier molecular flexibility index (Phi) is 24.8. The molecule has 0 bridgehead atoms. The van der Waals surface area contributed by atoms with Crippen molar-refractivity contribution in [3.8, 4) is 0 Å². The Labute approximate surface area is 219 Å². The molecule has 0 aliphatic carbocycles. The minimum absolute atomic E-state index is 0.886. The van der Waals surface area contributed by atoms with Gasteiger partial charge in [0, 0.05) is 34.2 Å². The number of ether oxygens (including phenoxy) is 1. The van der Waals surface area contributed by atoms with E-state index in [0.717, 1.165) is 38.2 Å². The molecule has 0 amide bonds. The zero-order valence-corrected chi connectivity index (χ0v) is 24.0. The second-order valence-corrected chi connectivity index (χ2v) is 9.81. The molecule has 3 nitrogen and oxygen atoms in total. The number of nitrogens with one attached hydrogen (secondary N) is 1. The second kappa shape index (κ2) is 24.5. The zero-order valence-electron chi connectivity index (χ0n) is 22.4. The summed E-state index contributed by atoms with van der Waals surface area (Å²) in [6, 6.07) is 4.12. The Balaban J connectivity index is 0. The lowest BCUT2D eigenvalue weighted by molar-refractivity contribution is 0.192. The summed E-state index contributed by atoms with van der Waals surface area (Å²) in [5.74, 6) is 0. The van der Waals surface area contributed by atoms with E-state index in [1.54, 1.807) is 24.9 Å². The Bertz CT molecular complexity index is 765. The van der Waals surface area contributed by atoms with Gasteiger partial charge in [0.25, 0.3) is 0 Å². The van der Waals surface area contributed by atoms with Crippen LogP contribution in [0.25, 0.3) is 11.6 Å². The molecule has 0 aliphatic heterocycles. The van der Waals surface area contributed by atoms with Gasteiger partial charge in [0.1, 0.15) is 0 Å². The van der Waals surface area contributed by atoms with Crippen LogP contribution in [-0.2, 0) is 4.74 Å². The molecule has 0 radical (unpaired) electrons. The van der Waals surface area contributed by atoms with Crippen LogP contribution < -0.4 is 5.73 Å². The van der Waals surface area contributed by atoms with Gasteiger partial charge in [-0.15, -0.1) is 0 Å². The van der Waals surface area contributed by atoms with E-state index in [0.29, 0.717) is 0 Å². The van der Waals surface area contributed by atoms with Gasteiger partial charge in [-0.3, -0.25) is 0 Å². The first-order valence-electron chi connectivity index (χ1n) is 12.2. The van der Waals surface area contributed by atoms with Crippen LogP contribution in [0.3, 0.4) is 0 Å². The molecule has 0 aromatic carbocycles. The quantitative estimate of drug-likeness (QED) is 0.151. The number of H-pyrrole nitrogens is 1. The molecule has 0 atom stereocenters. The van der Waals surface area contributed by atoms with Crippen molar-refractivity contribution in [2.45, 2.75) is 72.6 Å². The van der Waals surface area contributed by atoms with E-state index in [-0.39, 0.29) is 0 Å². The lowest BCUT2D eigenvalue weighted by atomic mass is 10.1. The molecule has 1 rings (SSSR count). The molecule has 0 saturated carbocycles. The summed E-state index contributed by atoms with van der Waals surface area (Å²) in [5, 5.41) is 0. The number of hydrogen-bond donors (Lipinski definition) is 2. The predicted molar refractivity (Wildman–Crippen MR) is 162 cm³/mol. The van der Waals surface area contributed by atoms with Crippen LogP contribution in [0.2, 0.25) is 0 Å². The Morgan fingerprint density at radius 3 is 2.24 bits per heavy atom. The normalized spacial score (nSPS) is 11.4. The Morgan fingerprint density at radius 1 is 1.12 bits per heavy atom. The summed E-state index contributed by atoms with van der Waals surface area (Å²) >= 11 is 6.73. The predicted octanol–water partition coefficient (Wildman–Crippen LogP) is 9.12. The van der Waals surface area contributed by atoms with E-state index >= 15 is 0 Å². The molecular formula is C29H48N2OS2. The highest BCUT2D eigenvalue weighted by atomic mass is 32.2. The van der Waals surface area contributed by atoms with Gasteiger partial charge >= 0.3 is 0 Å². The molecule has 0 unspecified atom stereocenters. The maximum Gasteiger partial charge on any atom is 0.0496 e. The van der Waals surface area contributed by atoms with Crippen molar-refractivity contribution in [1.29, 1.82) is 0 Å². The molecule has 0 spiro atoms. The number of methoxy groups -OCH3 is 1. The van der Waals surface area contributed by atoms with E-state index < -0.39 is 0 Å². The molecule has 1 aromatic heterocycles. The Hall–Kier alpha value is -1.66. The molecule has 0 saturated heterocycles. The third-order valence-corrected chi connectivity index (χ3v) is 5.80. The average molecular weight is 505 g/mol. The largest absolute Gasteiger partial charge is 0.385 e. The Morgan fingerprint density at radius 2 is 1.74 bits per heavy atom. The monoisotopic (exact) mass is 504 g/mol. The highest BCUT2D eigenvalue weighted by molar-refractivity contribution is 8.25. The average Bonchev–Trinajstić information content (AvgIpc) is 3.28. The molecule has 3 N–H and O–H groups in total. The number of thiocarbonyl (C=S) groups is 1. The molecule has 5 heteroatoms. The fourth-order valence-electron chi connectivity index (χ4n) is 2.95. The number of thioether (sulfide) groups is 1. The van der Waals surface area contributed by atoms with Gasteiger partial charge in [-0.25, -0.2) is 0 Å². The lowest BCUT2D eigenvalue weighted by Gasteiger charge is -2.04. The number of aromatic nitrogens is 1. The molecule has 0 aliphatic rings. The maximum absolute atomic E-state index is 5.16. The minimum Gasteiger partial charge on any atom is -0.385 e. The fourth-order valence-corrected chi connectivity index (χ4v) is 3.88. The highest BCUT2D eigenvalue weighted by Gasteiger charge is 2.04. The second-order valence-electron chi connectivity index (χ2n) is 7.68. The standard InChI is InChI=1S/C18H21NS2.C10H22O.CH5N/c1-6-8-15(9-7-2)17-11-10-16(19-17)12-18(13(3)4)21-14(5)20;1-3-4-5-6-7-8-9-10-11-2;1-2/h6-12,19H,1,3H2,2,4-5H3;3-10H2,1-2H3;2H2,1H3/b9-7-,15-8+,18-12+;;. The van der Waals surface area contributed by atoms with Crippen LogP contribution in [0.1, 0.15) is 84.0 Å². The SMILES string of the molecule is C=C/C=C(\C=C/C)c1ccc(/C=C(/SC(C)=S)C(=C)C)[nH]1.CCCCCCCCCOC.CN. The summed E-state index contributed by atoms with van der Waals surface area (Å²) < 4.78 is 5.86. The van der Waals surface area contributed by atoms with Crippen molar-refractivity contribution < 1.29 is 4.74 Å². The molecule has 1 aromatic rings. The highest BCUT2D eigenvalue weighted by Crippen LogP contribution is 2.27. The number of unbranched alkanes of at least 4 members (excludes halogenated alkanes) is 6. The van der Waals surface area contributed by atoms with E-state index in [2.05, 4.69) is 55.1 Å². The van der Waals surface area contributed by atoms with Gasteiger partial charge in [-0.05, 0) is 63.6 Å². The smallest absolute Gasteiger partial charge is 0.0496 e. The molecule has 1 heterocycles. The fraction of sp³-hybridized carbons (Fsp3) is 0.483. The van der Waals surface area contributed by atoms with Crippen LogP contribution in [0, 0.1) is 0 Å². The molecule has 192 valence electrons. The number of aromatic amines is 1. The van der Waals surface area contributed by atoms with E-state index in [9.17, 15) is 0 Å². The van der Waals surface area contributed by atoms with Crippen LogP contribution in [0.4, 0.5) is 0 Å². The van der Waals surface area contributed by atoms with Gasteiger partial charge < -0.3 is 15.5 Å². The van der Waals surface area contributed by atoms with Crippen molar-refractivity contribution in [1.82, 2.24) is 4.98 Å². The van der Waals surface area contributed by atoms with Gasteiger partial charge in [-0.1, -0.05) is 107 Å². The van der Waals surface area contributed by atoms with Crippen LogP contribution in [0.5, 0.6) is 0 Å². The zero-order chi connectivity index (χ0) is 26.2. The summed E-state index contributed by atoms with van der Waals surface area (Å²) in [5.41, 5.74) is 8.70. The third kappa shape index (κ3) is 18.7. The summed E-state index contributed by atoms with van der Waals surface area (Å²) in [7, 11) is 3.27. The first kappa shape index (κ1) is 34.5. The van der Waals surface area contributed by atoms with Gasteiger partial charge in [0.2, 0.25) is 0 Å². The van der Waals surface area contributed by atoms with Crippen LogP contribution in [0.15, 0.2) is 60.1 Å². The summed E-state index contributed by atoms with van der Waals surface area (Å²) in [6.07, 6.45) is 19.5. The van der Waals surface area contributed by atoms with E-state index in [1.165, 1.54) is 52.0 Å². The summed E-state index contributed by atoms with van der Waals surface area (Å²) in [6.45, 7) is 16.9. The molecular weight excluding hydrogens is 456 g/mol. The van der Waals surface area contributed by atoms with Gasteiger partial charge in [-0.2, -0.15) is 0 Å². The van der Waals surface area contributed by atoms with Crippen molar-refractivity contribution in [2.75, 3.05) is 20.8 Å². The first-order chi connectivity index (χ1) is 16.4. The maximum atomic E-state index is 5.16. The van der Waals surface area contributed by atoms with Crippen molar-refractivity contribution in [2.24, 2.45) is 5.73 Å². The van der Waals surface area contributed by atoms with Crippen molar-refractivity contribution in [3.05, 3.63) is 71.5 Å². The van der Waals surface area contributed by atoms with Crippen molar-refractivity contribution in [3.63, 3.8) is 0 Å². The number of allylic oxidation sites excluding steroid dienone is 6. The van der Waals surface area contributed by atoms with Gasteiger partial charge in [0.15, 0.2) is 0 Å².